The third-order valence-corrected chi connectivity index (χ3v) is 15.5. The van der Waals surface area contributed by atoms with Crippen LogP contribution in [0.2, 0.25) is 0 Å². The molecule has 0 aromatic heterocycles. The number of nitro groups is 2. The monoisotopic (exact) mass is 1150 g/mol. The zero-order valence-corrected chi connectivity index (χ0v) is 43.8. The van der Waals surface area contributed by atoms with Crippen molar-refractivity contribution in [2.45, 2.75) is 23.3 Å². The molecule has 0 saturated heterocycles. The summed E-state index contributed by atoms with van der Waals surface area (Å²) in [4.78, 5) is 86.8. The lowest BCUT2D eigenvalue weighted by Gasteiger charge is -2.18. The van der Waals surface area contributed by atoms with Gasteiger partial charge in [-0.25, -0.2) is 22.5 Å². The normalized spacial score (nSPS) is 15.5. The maximum Gasteiger partial charge on any atom is 0.525 e. The van der Waals surface area contributed by atoms with Gasteiger partial charge in [0.25, 0.3) is 17.5 Å². The summed E-state index contributed by atoms with van der Waals surface area (Å²) >= 11 is 10.0. The fourth-order valence-corrected chi connectivity index (χ4v) is 11.3. The van der Waals surface area contributed by atoms with E-state index in [9.17, 15) is 57.4 Å². The first-order valence-corrected chi connectivity index (χ1v) is 27.5. The summed E-state index contributed by atoms with van der Waals surface area (Å²) < 4.78 is 50.2. The first kappa shape index (κ1) is 54.2. The molecule has 75 heavy (non-hydrogen) atoms. The Balaban J connectivity index is 0.990. The molecular weight excluding hydrogens is 1100 g/mol. The molecule has 4 N–H and O–H groups in total. The first-order chi connectivity index (χ1) is 35.7. The standard InChI is InChI=1S/C50H46BrClN7O14PS/c1-55(2)19-18-53-75(70,71)35-13-14-38-39(22-35)42(59(65)66)24-44-48(38)33(25-51)27-56(44)46(60)16-11-30-6-5-7-31(20-30)12-17-47(61)57-28-34(26-52)49-37-9-4-3-8-36(37)40(23-43(49)57)54-50(62)72-29-32-10-15-41(58(63)64)45(21-32)73-74(67,68)69/h3-17,20-24,33-34,53H,18-19,25-29H2,1-2H3,(H,54,62)(H2,67,68,69). The Bertz CT molecular complexity index is 3540. The second-order valence-electron chi connectivity index (χ2n) is 17.7. The lowest BCUT2D eigenvalue weighted by molar-refractivity contribution is -0.385. The highest BCUT2D eigenvalue weighted by Gasteiger charge is 2.37. The van der Waals surface area contributed by atoms with E-state index in [1.807, 2.05) is 11.0 Å². The van der Waals surface area contributed by atoms with E-state index in [1.165, 1.54) is 46.2 Å². The summed E-state index contributed by atoms with van der Waals surface area (Å²) in [6.07, 6.45) is 5.00. The second-order valence-corrected chi connectivity index (χ2v) is 21.6. The zero-order valence-electron chi connectivity index (χ0n) is 39.8. The van der Waals surface area contributed by atoms with Gasteiger partial charge in [-0.15, -0.1) is 11.6 Å². The largest absolute Gasteiger partial charge is 0.525 e. The average molecular weight is 1150 g/mol. The molecule has 2 atom stereocenters. The van der Waals surface area contributed by atoms with E-state index in [-0.39, 0.29) is 64.6 Å². The van der Waals surface area contributed by atoms with Crippen LogP contribution in [0.4, 0.5) is 33.2 Å². The topological polar surface area (TPSA) is 281 Å². The van der Waals surface area contributed by atoms with E-state index >= 15 is 0 Å². The van der Waals surface area contributed by atoms with E-state index < -0.39 is 63.6 Å². The number of carbonyl (C=O) groups excluding carboxylic acids is 3. The molecule has 2 heterocycles. The number of alkyl halides is 2. The van der Waals surface area contributed by atoms with Crippen molar-refractivity contribution >= 4 is 125 Å². The number of hydrogen-bond donors (Lipinski definition) is 4. The van der Waals surface area contributed by atoms with Crippen molar-refractivity contribution < 1.29 is 56.3 Å². The number of nitrogens with zero attached hydrogens (tertiary/aromatic N) is 5. The second kappa shape index (κ2) is 22.4. The molecule has 21 nitrogen and oxygen atoms in total. The van der Waals surface area contributed by atoms with Gasteiger partial charge >= 0.3 is 19.6 Å². The number of hydrogen-bond acceptors (Lipinski definition) is 13. The van der Waals surface area contributed by atoms with Gasteiger partial charge in [-0.2, -0.15) is 0 Å². The van der Waals surface area contributed by atoms with E-state index in [2.05, 4.69) is 30.5 Å². The van der Waals surface area contributed by atoms with E-state index in [1.54, 1.807) is 80.8 Å². The quantitative estimate of drug-likeness (QED) is 0.0206. The Hall–Kier alpha value is -7.08. The number of nitro benzene ring substituents is 2. The molecule has 6 aromatic rings. The maximum absolute atomic E-state index is 14.1. The number of benzene rings is 6. The number of phosphoric ester groups is 1. The van der Waals surface area contributed by atoms with Crippen LogP contribution in [0.25, 0.3) is 33.7 Å². The molecule has 25 heteroatoms. The lowest BCUT2D eigenvalue weighted by atomic mass is 9.95. The highest BCUT2D eigenvalue weighted by molar-refractivity contribution is 9.09. The Morgan fingerprint density at radius 3 is 2.04 bits per heavy atom. The van der Waals surface area contributed by atoms with Crippen molar-refractivity contribution in [2.75, 3.05) is 66.6 Å². The molecule has 6 aromatic carbocycles. The van der Waals surface area contributed by atoms with Gasteiger partial charge in [-0.1, -0.05) is 64.5 Å². The lowest BCUT2D eigenvalue weighted by Crippen LogP contribution is -2.31. The number of ether oxygens (including phenoxy) is 1. The summed E-state index contributed by atoms with van der Waals surface area (Å²) in [6.45, 7) is 0.538. The van der Waals surface area contributed by atoms with E-state index in [4.69, 9.17) is 16.3 Å². The molecular formula is C50H46BrClN7O14PS. The molecule has 0 saturated carbocycles. The predicted molar refractivity (Wildman–Crippen MR) is 287 cm³/mol. The van der Waals surface area contributed by atoms with Crippen LogP contribution in [0.3, 0.4) is 0 Å². The minimum Gasteiger partial charge on any atom is -0.444 e. The molecule has 2 aliphatic heterocycles. The number of carbonyl (C=O) groups is 3. The van der Waals surface area contributed by atoms with Gasteiger partial charge in [0.15, 0.2) is 0 Å². The van der Waals surface area contributed by atoms with Gasteiger partial charge in [0, 0.05) is 78.9 Å². The number of non-ortho nitro benzene ring substituents is 1. The molecule has 8 rings (SSSR count). The summed E-state index contributed by atoms with van der Waals surface area (Å²) in [5, 5.41) is 28.9. The summed E-state index contributed by atoms with van der Waals surface area (Å²) in [5.74, 6) is -1.94. The summed E-state index contributed by atoms with van der Waals surface area (Å²) in [6, 6.07) is 24.6. The van der Waals surface area contributed by atoms with Crippen LogP contribution in [-0.2, 0) is 35.5 Å². The van der Waals surface area contributed by atoms with Crippen LogP contribution in [0.15, 0.2) is 114 Å². The molecule has 0 aliphatic carbocycles. The number of sulfonamides is 1. The predicted octanol–water partition coefficient (Wildman–Crippen LogP) is 8.79. The van der Waals surface area contributed by atoms with Crippen molar-refractivity contribution in [1.29, 1.82) is 0 Å². The molecule has 2 aliphatic rings. The minimum atomic E-state index is -5.17. The molecule has 3 amide bonds. The van der Waals surface area contributed by atoms with Gasteiger partial charge in [0.1, 0.15) is 6.61 Å². The Kier molecular flexibility index (Phi) is 16.2. The summed E-state index contributed by atoms with van der Waals surface area (Å²) in [5.41, 5.74) is 2.86. The SMILES string of the molecule is CN(C)CCNS(=O)(=O)c1ccc2c3c(cc([N+](=O)[O-])c2c1)N(C(=O)C=Cc1cccc(C=CC(=O)N2CC(CCl)c4c2cc(NC(=O)OCc2ccc([N+](=O)[O-])c(OP(=O)(O)O)c2)c2ccccc42)c1)CC3CBr. The third-order valence-electron chi connectivity index (χ3n) is 12.4. The Labute approximate surface area is 442 Å². The molecule has 0 bridgehead atoms. The molecule has 0 fully saturated rings. The maximum atomic E-state index is 14.1. The number of halogens is 2. The van der Waals surface area contributed by atoms with Crippen LogP contribution in [0, 0.1) is 20.2 Å². The first-order valence-electron chi connectivity index (χ1n) is 22.8. The van der Waals surface area contributed by atoms with Crippen molar-refractivity contribution in [3.05, 3.63) is 157 Å². The number of anilines is 3. The van der Waals surface area contributed by atoms with Crippen molar-refractivity contribution in [3.8, 4) is 5.75 Å². The van der Waals surface area contributed by atoms with Gasteiger partial charge in [0.05, 0.1) is 37.2 Å². The fraction of sp³-hybridized carbons (Fsp3) is 0.220. The average Bonchev–Trinajstić information content (AvgIpc) is 3.96. The van der Waals surface area contributed by atoms with Crippen molar-refractivity contribution in [3.63, 3.8) is 0 Å². The van der Waals surface area contributed by atoms with E-state index in [0.717, 1.165) is 23.1 Å². The molecule has 390 valence electrons. The van der Waals surface area contributed by atoms with E-state index in [0.29, 0.717) is 50.7 Å². The van der Waals surface area contributed by atoms with Crippen LogP contribution >= 0.6 is 35.4 Å². The smallest absolute Gasteiger partial charge is 0.444 e. The van der Waals surface area contributed by atoms with Crippen LogP contribution in [0.1, 0.15) is 39.7 Å². The van der Waals surface area contributed by atoms with Crippen molar-refractivity contribution in [1.82, 2.24) is 9.62 Å². The highest BCUT2D eigenvalue weighted by Crippen LogP contribution is 2.48. The third kappa shape index (κ3) is 12.1. The van der Waals surface area contributed by atoms with Crippen LogP contribution in [-0.4, -0.2) is 102 Å². The number of nitrogens with one attached hydrogen (secondary N) is 2. The number of rotatable bonds is 18. The van der Waals surface area contributed by atoms with Gasteiger partial charge in [-0.05, 0) is 101 Å². The molecule has 0 spiro atoms. The van der Waals surface area contributed by atoms with Crippen LogP contribution < -0.4 is 24.4 Å². The Morgan fingerprint density at radius 2 is 1.43 bits per heavy atom. The number of phosphoric acid groups is 1. The molecule has 0 radical (unpaired) electrons. The minimum absolute atomic E-state index is 0.121. The highest BCUT2D eigenvalue weighted by atomic mass is 79.9. The Morgan fingerprint density at radius 1 is 0.813 bits per heavy atom. The number of likely N-dealkylation sites (N-methyl/N-ethyl adjacent to an activating group) is 1. The number of fused-ring (bicyclic) bond motifs is 6. The van der Waals surface area contributed by atoms with Crippen molar-refractivity contribution in [2.24, 2.45) is 0 Å². The fourth-order valence-electron chi connectivity index (χ4n) is 9.06. The summed E-state index contributed by atoms with van der Waals surface area (Å²) in [7, 11) is -5.55. The number of amides is 3. The van der Waals surface area contributed by atoms with Crippen LogP contribution in [0.5, 0.6) is 5.75 Å². The molecule has 2 unspecified atom stereocenters. The van der Waals surface area contributed by atoms with Gasteiger partial charge < -0.3 is 24.0 Å². The van der Waals surface area contributed by atoms with Gasteiger partial charge in [0.2, 0.25) is 15.8 Å². The zero-order chi connectivity index (χ0) is 53.9. The van der Waals surface area contributed by atoms with Gasteiger partial charge in [-0.3, -0.25) is 44.9 Å².